The van der Waals surface area contributed by atoms with Crippen LogP contribution in [0.25, 0.3) is 0 Å². The number of benzene rings is 1. The summed E-state index contributed by atoms with van der Waals surface area (Å²) in [5.41, 5.74) is 2.25. The minimum atomic E-state index is -0.0391. The number of rotatable bonds is 5. The molecule has 120 valence electrons. The van der Waals surface area contributed by atoms with E-state index in [1.807, 2.05) is 35.2 Å². The zero-order valence-corrected chi connectivity index (χ0v) is 13.8. The molecule has 1 aliphatic rings. The second-order valence-corrected chi connectivity index (χ2v) is 6.70. The highest BCUT2D eigenvalue weighted by Crippen LogP contribution is 2.24. The Labute approximate surface area is 140 Å². The summed E-state index contributed by atoms with van der Waals surface area (Å²) >= 11 is 1.77. The predicted octanol–water partition coefficient (Wildman–Crippen LogP) is 2.38. The van der Waals surface area contributed by atoms with Crippen molar-refractivity contribution in [3.63, 3.8) is 0 Å². The summed E-state index contributed by atoms with van der Waals surface area (Å²) in [5.74, 6) is 0.0737. The van der Waals surface area contributed by atoms with Crippen LogP contribution in [0.15, 0.2) is 41.8 Å². The van der Waals surface area contributed by atoms with Crippen LogP contribution in [0, 0.1) is 0 Å². The van der Waals surface area contributed by atoms with Crippen molar-refractivity contribution in [1.82, 2.24) is 10.2 Å². The zero-order chi connectivity index (χ0) is 16.1. The molecule has 1 N–H and O–H groups in total. The highest BCUT2D eigenvalue weighted by molar-refractivity contribution is 7.10. The maximum Gasteiger partial charge on any atom is 0.224 e. The van der Waals surface area contributed by atoms with Crippen LogP contribution in [-0.4, -0.2) is 29.8 Å². The normalized spacial score (nSPS) is 13.5. The first kappa shape index (κ1) is 15.7. The number of fused-ring (bicyclic) bond motifs is 1. The van der Waals surface area contributed by atoms with Gasteiger partial charge in [-0.3, -0.25) is 9.59 Å². The Hall–Kier alpha value is -2.14. The third-order valence-corrected chi connectivity index (χ3v) is 5.05. The van der Waals surface area contributed by atoms with Gasteiger partial charge in [-0.05, 0) is 29.0 Å². The van der Waals surface area contributed by atoms with Crippen LogP contribution in [-0.2, 0) is 29.0 Å². The summed E-state index contributed by atoms with van der Waals surface area (Å²) in [6.07, 6.45) is 1.66. The van der Waals surface area contributed by atoms with E-state index in [0.717, 1.165) is 18.5 Å². The van der Waals surface area contributed by atoms with Crippen LogP contribution < -0.4 is 5.32 Å². The number of thiophene rings is 1. The Morgan fingerprint density at radius 2 is 2.00 bits per heavy atom. The van der Waals surface area contributed by atoms with Crippen LogP contribution >= 0.6 is 11.3 Å². The van der Waals surface area contributed by atoms with Gasteiger partial charge in [0.25, 0.3) is 0 Å². The lowest BCUT2D eigenvalue weighted by molar-refractivity contribution is -0.132. The summed E-state index contributed by atoms with van der Waals surface area (Å²) in [5, 5.41) is 4.92. The molecule has 0 radical (unpaired) electrons. The first-order valence-electron chi connectivity index (χ1n) is 7.86. The lowest BCUT2D eigenvalue weighted by Crippen LogP contribution is -2.37. The van der Waals surface area contributed by atoms with Crippen LogP contribution in [0.3, 0.4) is 0 Å². The van der Waals surface area contributed by atoms with E-state index in [2.05, 4.69) is 16.8 Å². The lowest BCUT2D eigenvalue weighted by atomic mass is 10.1. The van der Waals surface area contributed by atoms with E-state index in [9.17, 15) is 9.59 Å². The Bertz CT molecular complexity index is 681. The van der Waals surface area contributed by atoms with Crippen LogP contribution in [0.5, 0.6) is 0 Å². The van der Waals surface area contributed by atoms with E-state index >= 15 is 0 Å². The molecule has 0 saturated carbocycles. The molecule has 0 saturated heterocycles. The molecule has 1 aromatic heterocycles. The number of amides is 2. The number of nitrogens with one attached hydrogen (secondary N) is 1. The SMILES string of the molecule is O=C(Cc1ccccc1)NCCC(=O)N1CCc2sccc2C1. The van der Waals surface area contributed by atoms with Gasteiger partial charge in [0, 0.05) is 30.9 Å². The van der Waals surface area contributed by atoms with Crippen molar-refractivity contribution in [1.29, 1.82) is 0 Å². The molecule has 0 unspecified atom stereocenters. The monoisotopic (exact) mass is 328 g/mol. The molecular weight excluding hydrogens is 308 g/mol. The molecule has 0 aliphatic carbocycles. The standard InChI is InChI=1S/C18H20N2O2S/c21-17(12-14-4-2-1-3-5-14)19-9-6-18(22)20-10-7-16-15(13-20)8-11-23-16/h1-5,8,11H,6-7,9-10,12-13H2,(H,19,21). The third-order valence-electron chi connectivity index (χ3n) is 4.03. The summed E-state index contributed by atoms with van der Waals surface area (Å²) < 4.78 is 0. The van der Waals surface area contributed by atoms with Gasteiger partial charge in [0.2, 0.25) is 11.8 Å². The Balaban J connectivity index is 1.40. The molecule has 5 heteroatoms. The Kier molecular flexibility index (Phi) is 5.08. The molecule has 2 heterocycles. The van der Waals surface area contributed by atoms with Gasteiger partial charge in [-0.15, -0.1) is 11.3 Å². The van der Waals surface area contributed by atoms with Crippen LogP contribution in [0.1, 0.15) is 22.4 Å². The summed E-state index contributed by atoms with van der Waals surface area (Å²) in [7, 11) is 0. The number of nitrogens with zero attached hydrogens (tertiary/aromatic N) is 1. The van der Waals surface area contributed by atoms with Gasteiger partial charge in [0.15, 0.2) is 0 Å². The van der Waals surface area contributed by atoms with Gasteiger partial charge in [0.1, 0.15) is 0 Å². The van der Waals surface area contributed by atoms with E-state index in [1.54, 1.807) is 11.3 Å². The van der Waals surface area contributed by atoms with Gasteiger partial charge in [-0.1, -0.05) is 30.3 Å². The average Bonchev–Trinajstić information content (AvgIpc) is 3.03. The largest absolute Gasteiger partial charge is 0.355 e. The lowest BCUT2D eigenvalue weighted by Gasteiger charge is -2.27. The molecule has 2 aromatic rings. The maximum atomic E-state index is 12.2. The van der Waals surface area contributed by atoms with Gasteiger partial charge in [-0.25, -0.2) is 0 Å². The smallest absolute Gasteiger partial charge is 0.224 e. The second-order valence-electron chi connectivity index (χ2n) is 5.70. The first-order chi connectivity index (χ1) is 11.2. The predicted molar refractivity (Wildman–Crippen MR) is 91.2 cm³/mol. The Morgan fingerprint density at radius 1 is 1.17 bits per heavy atom. The molecular formula is C18H20N2O2S. The summed E-state index contributed by atoms with van der Waals surface area (Å²) in [6, 6.07) is 11.7. The minimum absolute atomic E-state index is 0.0391. The second kappa shape index (κ2) is 7.42. The molecule has 23 heavy (non-hydrogen) atoms. The van der Waals surface area contributed by atoms with Crippen LogP contribution in [0.4, 0.5) is 0 Å². The molecule has 0 spiro atoms. The Morgan fingerprint density at radius 3 is 2.83 bits per heavy atom. The van der Waals surface area contributed by atoms with Gasteiger partial charge >= 0.3 is 0 Å². The highest BCUT2D eigenvalue weighted by Gasteiger charge is 2.21. The molecule has 1 aromatic carbocycles. The molecule has 4 nitrogen and oxygen atoms in total. The molecule has 1 aliphatic heterocycles. The topological polar surface area (TPSA) is 49.4 Å². The average molecular weight is 328 g/mol. The minimum Gasteiger partial charge on any atom is -0.355 e. The highest BCUT2D eigenvalue weighted by atomic mass is 32.1. The fourth-order valence-corrected chi connectivity index (χ4v) is 3.66. The number of carbonyl (C=O) groups is 2. The molecule has 2 amide bonds. The zero-order valence-electron chi connectivity index (χ0n) is 13.0. The van der Waals surface area contributed by atoms with Crippen molar-refractivity contribution in [3.8, 4) is 0 Å². The van der Waals surface area contributed by atoms with Crippen molar-refractivity contribution in [3.05, 3.63) is 57.8 Å². The van der Waals surface area contributed by atoms with Crippen molar-refractivity contribution in [2.75, 3.05) is 13.1 Å². The molecule has 0 atom stereocenters. The summed E-state index contributed by atoms with van der Waals surface area (Å²) in [4.78, 5) is 27.4. The number of hydrogen-bond donors (Lipinski definition) is 1. The van der Waals surface area contributed by atoms with Gasteiger partial charge in [0.05, 0.1) is 6.42 Å². The van der Waals surface area contributed by atoms with E-state index in [0.29, 0.717) is 25.9 Å². The van der Waals surface area contributed by atoms with Crippen molar-refractivity contribution < 1.29 is 9.59 Å². The molecule has 0 fully saturated rings. The van der Waals surface area contributed by atoms with Crippen molar-refractivity contribution in [2.24, 2.45) is 0 Å². The molecule has 3 rings (SSSR count). The fraction of sp³-hybridized carbons (Fsp3) is 0.333. The van der Waals surface area contributed by atoms with Gasteiger partial charge < -0.3 is 10.2 Å². The van der Waals surface area contributed by atoms with Crippen LogP contribution in [0.2, 0.25) is 0 Å². The van der Waals surface area contributed by atoms with Crippen molar-refractivity contribution in [2.45, 2.75) is 25.8 Å². The van der Waals surface area contributed by atoms with E-state index in [4.69, 9.17) is 0 Å². The molecule has 0 bridgehead atoms. The van der Waals surface area contributed by atoms with Gasteiger partial charge in [-0.2, -0.15) is 0 Å². The third kappa shape index (κ3) is 4.20. The summed E-state index contributed by atoms with van der Waals surface area (Å²) in [6.45, 7) is 1.89. The number of hydrogen-bond acceptors (Lipinski definition) is 3. The number of carbonyl (C=O) groups excluding carboxylic acids is 2. The van der Waals surface area contributed by atoms with E-state index in [1.165, 1.54) is 10.4 Å². The quantitative estimate of drug-likeness (QED) is 0.916. The van der Waals surface area contributed by atoms with E-state index in [-0.39, 0.29) is 11.8 Å². The first-order valence-corrected chi connectivity index (χ1v) is 8.74. The van der Waals surface area contributed by atoms with E-state index < -0.39 is 0 Å². The maximum absolute atomic E-state index is 12.2. The fourth-order valence-electron chi connectivity index (χ4n) is 2.77. The van der Waals surface area contributed by atoms with Crippen molar-refractivity contribution >= 4 is 23.2 Å².